The average Bonchev–Trinajstić information content (AvgIpc) is 3.20. The van der Waals surface area contributed by atoms with Crippen LogP contribution < -0.4 is 16.6 Å². The van der Waals surface area contributed by atoms with Gasteiger partial charge in [-0.3, -0.25) is 19.8 Å². The highest BCUT2D eigenvalue weighted by molar-refractivity contribution is 5.82. The molecule has 0 bridgehead atoms. The Morgan fingerprint density at radius 3 is 1.83 bits per heavy atom. The van der Waals surface area contributed by atoms with Gasteiger partial charge in [-0.1, -0.05) is 6.42 Å². The molecule has 0 aliphatic carbocycles. The van der Waals surface area contributed by atoms with E-state index >= 15 is 0 Å². The smallest absolute Gasteiger partial charge is 0.260 e. The molecule has 58 heavy (non-hydrogen) atoms. The zero-order chi connectivity index (χ0) is 42.9. The number of nitrogens with two attached hydrogens (primary N) is 1. The number of nitrogens with one attached hydrogen (secondary N) is 2. The van der Waals surface area contributed by atoms with Gasteiger partial charge in [0.2, 0.25) is 0 Å². The van der Waals surface area contributed by atoms with Crippen LogP contribution in [0.4, 0.5) is 0 Å². The van der Waals surface area contributed by atoms with Crippen molar-refractivity contribution in [3.05, 3.63) is 0 Å². The molecule has 1 amide bonds. The van der Waals surface area contributed by atoms with Crippen LogP contribution in [0.25, 0.3) is 0 Å². The van der Waals surface area contributed by atoms with Crippen molar-refractivity contribution >= 4 is 17.5 Å². The Labute approximate surface area is 334 Å². The number of hydrogen-bond acceptors (Lipinski definition) is 23. The Morgan fingerprint density at radius 2 is 1.22 bits per heavy atom. The van der Waals surface area contributed by atoms with Crippen LogP contribution in [0.5, 0.6) is 0 Å². The molecule has 16 atom stereocenters. The van der Waals surface area contributed by atoms with E-state index in [1.54, 1.807) is 0 Å². The third-order valence-corrected chi connectivity index (χ3v) is 9.63. The molecule has 3 aliphatic heterocycles. The first-order valence-corrected chi connectivity index (χ1v) is 19.1. The van der Waals surface area contributed by atoms with E-state index in [-0.39, 0.29) is 57.4 Å². The van der Waals surface area contributed by atoms with Gasteiger partial charge >= 0.3 is 0 Å². The van der Waals surface area contributed by atoms with Gasteiger partial charge in [-0.2, -0.15) is 0 Å². The topological polar surface area (TPSA) is 377 Å². The first-order chi connectivity index (χ1) is 27.6. The van der Waals surface area contributed by atoms with E-state index in [0.717, 1.165) is 12.8 Å². The molecule has 14 N–H and O–H groups in total. The number of hydrogen-bond donors (Lipinski definition) is 13. The number of carbonyl (C=O) groups is 3. The Balaban J connectivity index is 1.48. The lowest BCUT2D eigenvalue weighted by Crippen LogP contribution is -2.65. The van der Waals surface area contributed by atoms with Crippen LogP contribution in [0.15, 0.2) is 0 Å². The molecule has 24 nitrogen and oxygen atoms in total. The molecule has 0 saturated carbocycles. The minimum Gasteiger partial charge on any atom is -0.394 e. The van der Waals surface area contributed by atoms with Gasteiger partial charge in [-0.25, -0.2) is 5.43 Å². The molecule has 3 rings (SSSR count). The Bertz CT molecular complexity index is 1220. The second-order valence-electron chi connectivity index (χ2n) is 14.1. The summed E-state index contributed by atoms with van der Waals surface area (Å²) in [5.74, 6) is -0.976. The number of aliphatic hydroxyl groups is 10. The molecule has 24 heteroatoms. The summed E-state index contributed by atoms with van der Waals surface area (Å²) in [5, 5.41) is 103. The number of hydrazine groups is 1. The molecule has 338 valence electrons. The van der Waals surface area contributed by atoms with Crippen LogP contribution in [-0.2, 0) is 52.3 Å². The minimum absolute atomic E-state index is 0.00711. The maximum atomic E-state index is 12.4. The van der Waals surface area contributed by atoms with Gasteiger partial charge < -0.3 is 94.7 Å². The summed E-state index contributed by atoms with van der Waals surface area (Å²) in [6.07, 6.45) is -23.2. The van der Waals surface area contributed by atoms with Gasteiger partial charge in [-0.05, 0) is 32.7 Å². The normalized spacial score (nSPS) is 36.0. The molecule has 0 aromatic carbocycles. The predicted molar refractivity (Wildman–Crippen MR) is 190 cm³/mol. The highest BCUT2D eigenvalue weighted by atomic mass is 16.7. The summed E-state index contributed by atoms with van der Waals surface area (Å²) in [5.41, 5.74) is 10.6. The number of unbranched alkanes of at least 4 members (excludes halogenated alkanes) is 1. The summed E-state index contributed by atoms with van der Waals surface area (Å²) in [7, 11) is 0. The standard InChI is InChI=1S/C34H61N3O21/c1-16(40)18(6-2-3-7-35)36-37-22(42)15-52-10-9-51-13-17(41)5-4-8-53-33-30(50)31(58-34-29(49)27(47)24(44)20(12-39)56-34)25(45)21(57-33)14-54-32-28(48)26(46)23(43)19(11-38)55-32/h18-21,23-34,36,38-39,43-50H,2-15,35H2,1H3,(H,37,42)/t18-,19+,20+,21+,23+,24+,25+,26-,27-,28-,29-,30-,31-,32-,33+,34+/m0/s1. The van der Waals surface area contributed by atoms with E-state index in [0.29, 0.717) is 13.0 Å². The fourth-order valence-corrected chi connectivity index (χ4v) is 6.15. The van der Waals surface area contributed by atoms with Crippen molar-refractivity contribution < 1.29 is 103 Å². The number of rotatable bonds is 26. The van der Waals surface area contributed by atoms with Crippen molar-refractivity contribution in [2.24, 2.45) is 5.73 Å². The Hall–Kier alpha value is -1.99. The lowest BCUT2D eigenvalue weighted by atomic mass is 9.96. The third-order valence-electron chi connectivity index (χ3n) is 9.63. The van der Waals surface area contributed by atoms with Crippen molar-refractivity contribution in [2.75, 3.05) is 59.4 Å². The monoisotopic (exact) mass is 847 g/mol. The second-order valence-corrected chi connectivity index (χ2v) is 14.1. The van der Waals surface area contributed by atoms with Gasteiger partial charge in [0.25, 0.3) is 5.91 Å². The molecule has 3 aliphatic rings. The number of amides is 1. The van der Waals surface area contributed by atoms with Crippen molar-refractivity contribution in [1.82, 2.24) is 10.9 Å². The largest absolute Gasteiger partial charge is 0.394 e. The molecule has 0 aromatic heterocycles. The maximum absolute atomic E-state index is 12.4. The fraction of sp³-hybridized carbons (Fsp3) is 0.912. The van der Waals surface area contributed by atoms with E-state index < -0.39 is 124 Å². The van der Waals surface area contributed by atoms with Crippen molar-refractivity contribution in [3.63, 3.8) is 0 Å². The maximum Gasteiger partial charge on any atom is 0.260 e. The molecule has 0 unspecified atom stereocenters. The first kappa shape index (κ1) is 50.4. The zero-order valence-corrected chi connectivity index (χ0v) is 32.2. The summed E-state index contributed by atoms with van der Waals surface area (Å²) < 4.78 is 43.7. The zero-order valence-electron chi connectivity index (χ0n) is 32.2. The summed E-state index contributed by atoms with van der Waals surface area (Å²) in [6, 6.07) is -0.552. The molecule has 0 spiro atoms. The molecular weight excluding hydrogens is 786 g/mol. The van der Waals surface area contributed by atoms with E-state index in [1.807, 2.05) is 0 Å². The van der Waals surface area contributed by atoms with Gasteiger partial charge in [0.15, 0.2) is 24.7 Å². The number of aliphatic hydroxyl groups excluding tert-OH is 10. The summed E-state index contributed by atoms with van der Waals surface area (Å²) in [4.78, 5) is 36.1. The summed E-state index contributed by atoms with van der Waals surface area (Å²) >= 11 is 0. The molecule has 0 radical (unpaired) electrons. The number of carbonyl (C=O) groups excluding carboxylic acids is 3. The predicted octanol–water partition coefficient (Wildman–Crippen LogP) is -7.46. The van der Waals surface area contributed by atoms with E-state index in [4.69, 9.17) is 43.6 Å². The molecule has 3 saturated heterocycles. The average molecular weight is 848 g/mol. The number of ether oxygens (including phenoxy) is 8. The lowest BCUT2D eigenvalue weighted by molar-refractivity contribution is -0.366. The summed E-state index contributed by atoms with van der Waals surface area (Å²) in [6.45, 7) is -1.09. The molecule has 3 fully saturated rings. The highest BCUT2D eigenvalue weighted by Crippen LogP contribution is 2.31. The third kappa shape index (κ3) is 14.9. The first-order valence-electron chi connectivity index (χ1n) is 19.1. The van der Waals surface area contributed by atoms with Gasteiger partial charge in [0.05, 0.1) is 45.7 Å². The minimum atomic E-state index is -1.91. The Kier molecular flexibility index (Phi) is 22.3. The van der Waals surface area contributed by atoms with Gasteiger partial charge in [0.1, 0.15) is 92.2 Å². The fourth-order valence-electron chi connectivity index (χ4n) is 6.15. The number of ketones is 2. The van der Waals surface area contributed by atoms with Gasteiger partial charge in [0, 0.05) is 6.42 Å². The quantitative estimate of drug-likeness (QED) is 0.0284. The molecule has 0 aromatic rings. The van der Waals surface area contributed by atoms with E-state index in [1.165, 1.54) is 6.92 Å². The number of Topliss-reactive ketones (excluding diaryl/α,β-unsaturated/α-hetero) is 2. The second kappa shape index (κ2) is 25.7. The Morgan fingerprint density at radius 1 is 0.655 bits per heavy atom. The highest BCUT2D eigenvalue weighted by Gasteiger charge is 2.52. The molecule has 3 heterocycles. The van der Waals surface area contributed by atoms with Crippen molar-refractivity contribution in [1.29, 1.82) is 0 Å². The van der Waals surface area contributed by atoms with Crippen molar-refractivity contribution in [3.8, 4) is 0 Å². The van der Waals surface area contributed by atoms with Crippen LogP contribution in [0.1, 0.15) is 39.0 Å². The van der Waals surface area contributed by atoms with Crippen LogP contribution in [0, 0.1) is 0 Å². The van der Waals surface area contributed by atoms with E-state index in [9.17, 15) is 65.4 Å². The van der Waals surface area contributed by atoms with Crippen LogP contribution >= 0.6 is 0 Å². The van der Waals surface area contributed by atoms with E-state index in [2.05, 4.69) is 10.9 Å². The van der Waals surface area contributed by atoms with Crippen LogP contribution in [0.3, 0.4) is 0 Å². The van der Waals surface area contributed by atoms with Gasteiger partial charge in [-0.15, -0.1) is 0 Å². The lowest BCUT2D eigenvalue weighted by Gasteiger charge is -2.46. The van der Waals surface area contributed by atoms with Crippen molar-refractivity contribution in [2.45, 2.75) is 137 Å². The SMILES string of the molecule is CC(=O)[C@H](CCCCN)NNC(=O)COCCOCC(=O)CCCO[C@@H]1O[C@H](CO[C@H]2O[C@H](CO)[C@@H](O)[C@H](O)[C@@H]2O)[C@@H](O)[C@H](O[C@H]2O[C@H](CO)[C@@H](O)[C@H](O)[C@@H]2O)[C@@H]1O. The van der Waals surface area contributed by atoms with Crippen LogP contribution in [0.2, 0.25) is 0 Å². The van der Waals surface area contributed by atoms with Crippen LogP contribution in [-0.4, -0.2) is 226 Å². The molecular formula is C34H61N3O21.